The number of nitrogens with two attached hydrogens (primary N) is 3. The fourth-order valence-electron chi connectivity index (χ4n) is 5.18. The van der Waals surface area contributed by atoms with Gasteiger partial charge in [-0.25, -0.2) is 4.99 Å². The molecule has 202 valence electrons. The standard InChI is InChI=1S/C26H50N6O3/c1-2-3-4-5-6-7-8-9-10-12-16-21-22(26(17-15-20-35-26)32-25(29)31-21)23(33)34-19-14-11-13-18-30-24(27)28/h21-22H,2-20H2,1H3,(H4,27,28,30)(H3,29,31,32). The summed E-state index contributed by atoms with van der Waals surface area (Å²) < 4.78 is 11.8. The Morgan fingerprint density at radius 2 is 1.71 bits per heavy atom. The average molecular weight is 495 g/mol. The molecule has 0 bridgehead atoms. The van der Waals surface area contributed by atoms with Crippen LogP contribution in [0.1, 0.15) is 110 Å². The van der Waals surface area contributed by atoms with Gasteiger partial charge in [-0.1, -0.05) is 71.1 Å². The average Bonchev–Trinajstić information content (AvgIpc) is 3.27. The van der Waals surface area contributed by atoms with E-state index >= 15 is 0 Å². The van der Waals surface area contributed by atoms with E-state index in [1.807, 2.05) is 0 Å². The van der Waals surface area contributed by atoms with Crippen LogP contribution in [0.15, 0.2) is 9.98 Å². The quantitative estimate of drug-likeness (QED) is 0.0981. The minimum atomic E-state index is -0.792. The Morgan fingerprint density at radius 1 is 1.06 bits per heavy atom. The van der Waals surface area contributed by atoms with Crippen molar-refractivity contribution in [2.45, 2.75) is 121 Å². The highest BCUT2D eigenvalue weighted by molar-refractivity contribution is 5.84. The van der Waals surface area contributed by atoms with Crippen LogP contribution in [0.2, 0.25) is 0 Å². The normalized spacial score (nSPS) is 23.6. The number of ether oxygens (including phenoxy) is 2. The first-order valence-corrected chi connectivity index (χ1v) is 14.0. The zero-order valence-corrected chi connectivity index (χ0v) is 21.9. The summed E-state index contributed by atoms with van der Waals surface area (Å²) in [5.41, 5.74) is 16.0. The molecule has 2 aliphatic rings. The zero-order valence-electron chi connectivity index (χ0n) is 21.9. The molecule has 0 radical (unpaired) electrons. The van der Waals surface area contributed by atoms with Crippen molar-refractivity contribution in [3.63, 3.8) is 0 Å². The Balaban J connectivity index is 1.78. The lowest BCUT2D eigenvalue weighted by Crippen LogP contribution is -2.64. The molecular weight excluding hydrogens is 444 g/mol. The van der Waals surface area contributed by atoms with Crippen molar-refractivity contribution in [3.05, 3.63) is 0 Å². The van der Waals surface area contributed by atoms with Crippen molar-refractivity contribution < 1.29 is 14.3 Å². The number of nitrogens with zero attached hydrogens (tertiary/aromatic N) is 2. The maximum atomic E-state index is 13.2. The third-order valence-corrected chi connectivity index (χ3v) is 7.03. The lowest BCUT2D eigenvalue weighted by Gasteiger charge is -2.42. The summed E-state index contributed by atoms with van der Waals surface area (Å²) in [6.07, 6.45) is 17.7. The molecule has 0 saturated carbocycles. The van der Waals surface area contributed by atoms with Crippen molar-refractivity contribution in [1.82, 2.24) is 5.32 Å². The van der Waals surface area contributed by atoms with Gasteiger partial charge in [0.2, 0.25) is 0 Å². The van der Waals surface area contributed by atoms with Gasteiger partial charge in [-0.2, -0.15) is 0 Å². The van der Waals surface area contributed by atoms with Crippen molar-refractivity contribution >= 4 is 17.9 Å². The summed E-state index contributed by atoms with van der Waals surface area (Å²) in [6, 6.07) is -0.210. The number of guanidine groups is 2. The number of nitrogens with one attached hydrogen (secondary N) is 1. The largest absolute Gasteiger partial charge is 0.465 e. The number of hydrogen-bond acceptors (Lipinski definition) is 7. The fraction of sp³-hybridized carbons (Fsp3) is 0.885. The second kappa shape index (κ2) is 16.6. The molecule has 2 rings (SSSR count). The van der Waals surface area contributed by atoms with Gasteiger partial charge in [-0.15, -0.1) is 0 Å². The smallest absolute Gasteiger partial charge is 0.316 e. The van der Waals surface area contributed by atoms with Crippen molar-refractivity contribution in [2.24, 2.45) is 33.1 Å². The van der Waals surface area contributed by atoms with E-state index in [2.05, 4.69) is 22.2 Å². The molecule has 1 spiro atoms. The summed E-state index contributed by atoms with van der Waals surface area (Å²) in [7, 11) is 0. The molecule has 1 saturated heterocycles. The first-order chi connectivity index (χ1) is 17.0. The van der Waals surface area contributed by atoms with Crippen molar-refractivity contribution in [3.8, 4) is 0 Å². The molecule has 35 heavy (non-hydrogen) atoms. The Kier molecular flexibility index (Phi) is 13.9. The number of unbranched alkanes of at least 4 members (excludes halogenated alkanes) is 11. The maximum absolute atomic E-state index is 13.2. The number of rotatable bonds is 18. The van der Waals surface area contributed by atoms with Gasteiger partial charge in [-0.05, 0) is 38.5 Å². The topological polar surface area (TPSA) is 150 Å². The van der Waals surface area contributed by atoms with E-state index in [0.29, 0.717) is 25.7 Å². The second-order valence-corrected chi connectivity index (χ2v) is 10.0. The van der Waals surface area contributed by atoms with E-state index in [1.165, 1.54) is 51.4 Å². The van der Waals surface area contributed by atoms with Gasteiger partial charge in [0.1, 0.15) is 5.92 Å². The highest BCUT2D eigenvalue weighted by Gasteiger charge is 2.53. The number of hydrogen-bond donors (Lipinski definition) is 4. The minimum Gasteiger partial charge on any atom is -0.465 e. The summed E-state index contributed by atoms with van der Waals surface area (Å²) >= 11 is 0. The molecule has 1 fully saturated rings. The van der Waals surface area contributed by atoms with Crippen LogP contribution in [0.25, 0.3) is 0 Å². The third-order valence-electron chi connectivity index (χ3n) is 7.03. The molecule has 9 heteroatoms. The molecular formula is C26H50N6O3. The van der Waals surface area contributed by atoms with Crippen LogP contribution in [-0.4, -0.2) is 49.4 Å². The minimum absolute atomic E-state index is 0.108. The molecule has 0 aliphatic carbocycles. The molecule has 2 heterocycles. The SMILES string of the molecule is CCCCCCCCCCCCC1N=C(N)NC2(CCCO2)C1C(=O)OCCCCCN=C(N)N. The van der Waals surface area contributed by atoms with Crippen LogP contribution in [0.4, 0.5) is 0 Å². The Morgan fingerprint density at radius 3 is 2.34 bits per heavy atom. The Labute approximate surface area is 212 Å². The zero-order chi connectivity index (χ0) is 25.4. The molecule has 0 aromatic rings. The van der Waals surface area contributed by atoms with Gasteiger partial charge in [0.15, 0.2) is 17.6 Å². The van der Waals surface area contributed by atoms with Crippen LogP contribution in [0, 0.1) is 5.92 Å². The van der Waals surface area contributed by atoms with Crippen LogP contribution in [0.5, 0.6) is 0 Å². The highest BCUT2D eigenvalue weighted by Crippen LogP contribution is 2.38. The lowest BCUT2D eigenvalue weighted by atomic mass is 9.82. The van der Waals surface area contributed by atoms with E-state index in [9.17, 15) is 4.79 Å². The van der Waals surface area contributed by atoms with Crippen molar-refractivity contribution in [1.29, 1.82) is 0 Å². The van der Waals surface area contributed by atoms with E-state index in [-0.39, 0.29) is 18.0 Å². The van der Waals surface area contributed by atoms with Gasteiger partial charge >= 0.3 is 5.97 Å². The summed E-state index contributed by atoms with van der Waals surface area (Å²) in [5.74, 6) is -0.237. The van der Waals surface area contributed by atoms with E-state index in [4.69, 9.17) is 26.7 Å². The molecule has 0 aromatic carbocycles. The summed E-state index contributed by atoms with van der Waals surface area (Å²) in [5, 5.41) is 3.19. The van der Waals surface area contributed by atoms with Crippen LogP contribution in [0.3, 0.4) is 0 Å². The second-order valence-electron chi connectivity index (χ2n) is 10.0. The van der Waals surface area contributed by atoms with E-state index in [0.717, 1.165) is 51.4 Å². The predicted octanol–water partition coefficient (Wildman–Crippen LogP) is 3.69. The molecule has 0 amide bonds. The van der Waals surface area contributed by atoms with Gasteiger partial charge in [-0.3, -0.25) is 9.79 Å². The first kappa shape index (κ1) is 29.2. The van der Waals surface area contributed by atoms with E-state index < -0.39 is 11.6 Å². The molecule has 3 atom stereocenters. The van der Waals surface area contributed by atoms with Crippen LogP contribution < -0.4 is 22.5 Å². The number of esters is 1. The molecule has 0 aromatic heterocycles. The molecule has 2 aliphatic heterocycles. The van der Waals surface area contributed by atoms with Gasteiger partial charge in [0.05, 0.1) is 12.6 Å². The van der Waals surface area contributed by atoms with Crippen molar-refractivity contribution in [2.75, 3.05) is 19.8 Å². The number of carbonyl (C=O) groups is 1. The Bertz CT molecular complexity index is 659. The highest BCUT2D eigenvalue weighted by atomic mass is 16.5. The number of carbonyl (C=O) groups excluding carboxylic acids is 1. The first-order valence-electron chi connectivity index (χ1n) is 14.0. The molecule has 9 nitrogen and oxygen atoms in total. The van der Waals surface area contributed by atoms with Crippen LogP contribution in [-0.2, 0) is 14.3 Å². The monoisotopic (exact) mass is 494 g/mol. The maximum Gasteiger partial charge on any atom is 0.316 e. The fourth-order valence-corrected chi connectivity index (χ4v) is 5.18. The summed E-state index contributed by atoms with van der Waals surface area (Å²) in [4.78, 5) is 21.8. The molecule has 7 N–H and O–H groups in total. The van der Waals surface area contributed by atoms with Gasteiger partial charge < -0.3 is 32.0 Å². The lowest BCUT2D eigenvalue weighted by molar-refractivity contribution is -0.165. The predicted molar refractivity (Wildman–Crippen MR) is 142 cm³/mol. The van der Waals surface area contributed by atoms with E-state index in [1.54, 1.807) is 0 Å². The number of aliphatic imine (C=N–C) groups is 2. The third kappa shape index (κ3) is 10.6. The van der Waals surface area contributed by atoms with Crippen LogP contribution >= 0.6 is 0 Å². The van der Waals surface area contributed by atoms with Gasteiger partial charge in [0, 0.05) is 13.2 Å². The summed E-state index contributed by atoms with van der Waals surface area (Å²) in [6.45, 7) is 3.83. The van der Waals surface area contributed by atoms with Gasteiger partial charge in [0.25, 0.3) is 0 Å². The molecule has 3 unspecified atom stereocenters. The Hall–Kier alpha value is -2.03.